The number of methoxy groups -OCH3 is 2. The van der Waals surface area contributed by atoms with Crippen LogP contribution in [0, 0.1) is 25.7 Å². The maximum atomic E-state index is 5.51. The number of fused-ring (bicyclic) bond motifs is 1. The van der Waals surface area contributed by atoms with Crippen molar-refractivity contribution in [1.82, 2.24) is 14.6 Å². The normalized spacial score (nSPS) is 19.6. The number of anilines is 1. The quantitative estimate of drug-likeness (QED) is 0.652. The third-order valence-electron chi connectivity index (χ3n) is 5.74. The van der Waals surface area contributed by atoms with E-state index in [-0.39, 0.29) is 0 Å². The van der Waals surface area contributed by atoms with Crippen LogP contribution in [0.1, 0.15) is 31.7 Å². The van der Waals surface area contributed by atoms with E-state index in [1.807, 2.05) is 29.6 Å². The summed E-state index contributed by atoms with van der Waals surface area (Å²) in [6.07, 6.45) is 1.28. The second-order valence-corrected chi connectivity index (χ2v) is 8.37. The molecule has 6 heteroatoms. The number of ether oxygens (including phenoxy) is 2. The molecule has 1 aromatic carbocycles. The Morgan fingerprint density at radius 1 is 0.966 bits per heavy atom. The lowest BCUT2D eigenvalue weighted by Crippen LogP contribution is -2.39. The molecule has 4 rings (SSSR count). The lowest BCUT2D eigenvalue weighted by molar-refractivity contribution is 0.354. The van der Waals surface area contributed by atoms with E-state index in [4.69, 9.17) is 19.6 Å². The van der Waals surface area contributed by atoms with Crippen LogP contribution in [0.3, 0.4) is 0 Å². The molecule has 1 aliphatic rings. The Morgan fingerprint density at radius 2 is 1.66 bits per heavy atom. The van der Waals surface area contributed by atoms with Crippen molar-refractivity contribution in [3.63, 3.8) is 0 Å². The van der Waals surface area contributed by atoms with Crippen molar-refractivity contribution in [1.29, 1.82) is 0 Å². The first-order chi connectivity index (χ1) is 13.9. The van der Waals surface area contributed by atoms with Crippen LogP contribution in [0.4, 0.5) is 5.82 Å². The first kappa shape index (κ1) is 19.6. The lowest BCUT2D eigenvalue weighted by Gasteiger charge is -2.36. The van der Waals surface area contributed by atoms with Crippen molar-refractivity contribution in [2.24, 2.45) is 11.8 Å². The summed E-state index contributed by atoms with van der Waals surface area (Å²) in [5.41, 5.74) is 4.90. The number of nitrogens with zero attached hydrogens (tertiary/aromatic N) is 4. The van der Waals surface area contributed by atoms with E-state index >= 15 is 0 Å². The van der Waals surface area contributed by atoms with Gasteiger partial charge in [-0.05, 0) is 49.8 Å². The zero-order valence-electron chi connectivity index (χ0n) is 18.2. The number of piperidine rings is 1. The monoisotopic (exact) mass is 394 g/mol. The highest BCUT2D eigenvalue weighted by Crippen LogP contribution is 2.36. The molecule has 6 nitrogen and oxygen atoms in total. The molecule has 1 saturated heterocycles. The zero-order valence-corrected chi connectivity index (χ0v) is 18.2. The van der Waals surface area contributed by atoms with Gasteiger partial charge in [0.1, 0.15) is 5.82 Å². The molecule has 0 saturated carbocycles. The number of aromatic nitrogens is 3. The van der Waals surface area contributed by atoms with Gasteiger partial charge >= 0.3 is 0 Å². The molecule has 1 fully saturated rings. The molecule has 154 valence electrons. The number of hydrogen-bond acceptors (Lipinski definition) is 5. The Morgan fingerprint density at radius 3 is 2.31 bits per heavy atom. The van der Waals surface area contributed by atoms with Crippen molar-refractivity contribution in [3.05, 3.63) is 35.7 Å². The first-order valence-corrected chi connectivity index (χ1v) is 10.3. The zero-order chi connectivity index (χ0) is 20.7. The first-order valence-electron chi connectivity index (χ1n) is 10.3. The van der Waals surface area contributed by atoms with Crippen LogP contribution in [0.5, 0.6) is 11.5 Å². The van der Waals surface area contributed by atoms with Crippen molar-refractivity contribution in [2.75, 3.05) is 32.2 Å². The Labute approximate surface area is 172 Å². The van der Waals surface area contributed by atoms with Gasteiger partial charge < -0.3 is 14.4 Å². The summed E-state index contributed by atoms with van der Waals surface area (Å²) in [5, 5.41) is 4.89. The third-order valence-corrected chi connectivity index (χ3v) is 5.74. The molecule has 2 atom stereocenters. The van der Waals surface area contributed by atoms with Gasteiger partial charge in [-0.2, -0.15) is 9.61 Å². The van der Waals surface area contributed by atoms with Crippen LogP contribution in [-0.2, 0) is 0 Å². The molecule has 3 heterocycles. The molecule has 0 amide bonds. The molecule has 0 spiro atoms. The van der Waals surface area contributed by atoms with Crippen LogP contribution in [0.25, 0.3) is 16.8 Å². The average molecular weight is 395 g/mol. The van der Waals surface area contributed by atoms with Gasteiger partial charge in [-0.25, -0.2) is 4.98 Å². The maximum Gasteiger partial charge on any atom is 0.165 e. The molecule has 1 aliphatic heterocycles. The van der Waals surface area contributed by atoms with E-state index in [1.54, 1.807) is 14.2 Å². The van der Waals surface area contributed by atoms with Gasteiger partial charge in [0, 0.05) is 30.4 Å². The summed E-state index contributed by atoms with van der Waals surface area (Å²) in [4.78, 5) is 7.33. The van der Waals surface area contributed by atoms with Crippen molar-refractivity contribution in [3.8, 4) is 22.6 Å². The smallest absolute Gasteiger partial charge is 0.165 e. The van der Waals surface area contributed by atoms with E-state index in [1.165, 1.54) is 6.42 Å². The summed E-state index contributed by atoms with van der Waals surface area (Å²) < 4.78 is 12.9. The van der Waals surface area contributed by atoms with Crippen molar-refractivity contribution in [2.45, 2.75) is 34.1 Å². The minimum absolute atomic E-state index is 0.671. The van der Waals surface area contributed by atoms with Gasteiger partial charge in [0.15, 0.2) is 17.1 Å². The van der Waals surface area contributed by atoms with E-state index in [0.29, 0.717) is 23.3 Å². The van der Waals surface area contributed by atoms with Gasteiger partial charge in [0.2, 0.25) is 0 Å². The molecule has 2 aromatic heterocycles. The Hall–Kier alpha value is -2.76. The second-order valence-electron chi connectivity index (χ2n) is 8.37. The number of hydrogen-bond donors (Lipinski definition) is 0. The van der Waals surface area contributed by atoms with Gasteiger partial charge in [-0.15, -0.1) is 0 Å². The second kappa shape index (κ2) is 7.58. The van der Waals surface area contributed by atoms with Gasteiger partial charge in [0.05, 0.1) is 19.9 Å². The molecule has 0 bridgehead atoms. The maximum absolute atomic E-state index is 5.51. The van der Waals surface area contributed by atoms with Crippen LogP contribution in [-0.4, -0.2) is 41.9 Å². The molecular weight excluding hydrogens is 364 g/mol. The molecule has 0 radical (unpaired) electrons. The van der Waals surface area contributed by atoms with Crippen molar-refractivity contribution >= 4 is 11.5 Å². The molecule has 29 heavy (non-hydrogen) atoms. The fourth-order valence-electron chi connectivity index (χ4n) is 4.63. The highest BCUT2D eigenvalue weighted by molar-refractivity contribution is 5.82. The highest BCUT2D eigenvalue weighted by atomic mass is 16.5. The van der Waals surface area contributed by atoms with E-state index in [0.717, 1.165) is 47.1 Å². The molecule has 0 unspecified atom stereocenters. The summed E-state index contributed by atoms with van der Waals surface area (Å²) in [7, 11) is 3.31. The van der Waals surface area contributed by atoms with Gasteiger partial charge in [-0.1, -0.05) is 19.9 Å². The Balaban J connectivity index is 1.88. The minimum atomic E-state index is 0.671. The van der Waals surface area contributed by atoms with E-state index in [9.17, 15) is 0 Å². The standard InChI is InChI=1S/C23H30N4O2/c1-14-9-15(2)13-26(12-14)21-10-16(3)24-23-22(17(4)25-27(21)23)18-7-8-19(28-5)20(11-18)29-6/h7-8,10-11,14-15H,9,12-13H2,1-6H3/t14-,15-/m0/s1. The SMILES string of the molecule is COc1ccc(-c2c(C)nn3c(N4C[C@@H](C)C[C@H](C)C4)cc(C)nc23)cc1OC. The number of aryl methyl sites for hydroxylation is 2. The summed E-state index contributed by atoms with van der Waals surface area (Å²) in [6.45, 7) is 10.9. The van der Waals surface area contributed by atoms with Crippen LogP contribution < -0.4 is 14.4 Å². The van der Waals surface area contributed by atoms with E-state index < -0.39 is 0 Å². The highest BCUT2D eigenvalue weighted by Gasteiger charge is 2.26. The minimum Gasteiger partial charge on any atom is -0.493 e. The largest absolute Gasteiger partial charge is 0.493 e. The van der Waals surface area contributed by atoms with Crippen molar-refractivity contribution < 1.29 is 9.47 Å². The average Bonchev–Trinajstić information content (AvgIpc) is 3.01. The summed E-state index contributed by atoms with van der Waals surface area (Å²) in [6, 6.07) is 8.13. The predicted molar refractivity (Wildman–Crippen MR) is 116 cm³/mol. The van der Waals surface area contributed by atoms with Crippen LogP contribution in [0.15, 0.2) is 24.3 Å². The summed E-state index contributed by atoms with van der Waals surface area (Å²) >= 11 is 0. The molecule has 0 N–H and O–H groups in total. The molecule has 0 aliphatic carbocycles. The molecule has 3 aromatic rings. The van der Waals surface area contributed by atoms with Gasteiger partial charge in [0.25, 0.3) is 0 Å². The summed E-state index contributed by atoms with van der Waals surface area (Å²) in [5.74, 6) is 3.89. The molecular formula is C23H30N4O2. The third kappa shape index (κ3) is 3.52. The van der Waals surface area contributed by atoms with Crippen LogP contribution in [0.2, 0.25) is 0 Å². The lowest BCUT2D eigenvalue weighted by atomic mass is 9.92. The van der Waals surface area contributed by atoms with Gasteiger partial charge in [-0.3, -0.25) is 0 Å². The Bertz CT molecular complexity index is 1030. The van der Waals surface area contributed by atoms with Crippen LogP contribution >= 0.6 is 0 Å². The number of benzene rings is 1. The van der Waals surface area contributed by atoms with E-state index in [2.05, 4.69) is 31.7 Å². The Kier molecular flexibility index (Phi) is 5.11. The predicted octanol–water partition coefficient (Wildman–Crippen LogP) is 4.51. The fourth-order valence-corrected chi connectivity index (χ4v) is 4.63. The number of rotatable bonds is 4. The fraction of sp³-hybridized carbons (Fsp3) is 0.478. The topological polar surface area (TPSA) is 51.9 Å².